The van der Waals surface area contributed by atoms with Gasteiger partial charge in [-0.05, 0) is 60.9 Å². The fraction of sp³-hybridized carbons (Fsp3) is 0.320. The fourth-order valence-corrected chi connectivity index (χ4v) is 4.57. The van der Waals surface area contributed by atoms with Crippen molar-refractivity contribution in [2.24, 2.45) is 5.92 Å². The summed E-state index contributed by atoms with van der Waals surface area (Å²) in [6.45, 7) is 6.18. The Kier molecular flexibility index (Phi) is 7.92. The third-order valence-electron chi connectivity index (χ3n) is 5.30. The Morgan fingerprint density at radius 1 is 1.12 bits per heavy atom. The lowest BCUT2D eigenvalue weighted by molar-refractivity contribution is -0.144. The predicted molar refractivity (Wildman–Crippen MR) is 124 cm³/mol. The van der Waals surface area contributed by atoms with Crippen LogP contribution >= 0.6 is 11.8 Å². The number of hydrogen-bond acceptors (Lipinski definition) is 4. The quantitative estimate of drug-likeness (QED) is 0.445. The molecule has 0 saturated heterocycles. The highest BCUT2D eigenvalue weighted by Crippen LogP contribution is 2.38. The molecule has 4 nitrogen and oxygen atoms in total. The first-order valence-corrected chi connectivity index (χ1v) is 11.3. The van der Waals surface area contributed by atoms with E-state index in [4.69, 9.17) is 9.84 Å². The Bertz CT molecular complexity index is 1060. The van der Waals surface area contributed by atoms with Crippen LogP contribution in [0.25, 0.3) is 0 Å². The highest BCUT2D eigenvalue weighted by molar-refractivity contribution is 8.03. The first-order valence-electron chi connectivity index (χ1n) is 10.5. The summed E-state index contributed by atoms with van der Waals surface area (Å²) in [5.41, 5.74) is 3.12. The van der Waals surface area contributed by atoms with Gasteiger partial charge in [-0.3, -0.25) is 0 Å². The first-order chi connectivity index (χ1) is 15.5. The van der Waals surface area contributed by atoms with Crippen LogP contribution in [0.3, 0.4) is 0 Å². The molecular weight excluding hydrogens is 451 g/mol. The number of carbonyl (C=O) groups is 1. The molecule has 1 aliphatic rings. The van der Waals surface area contributed by atoms with E-state index in [1.165, 1.54) is 12.1 Å². The zero-order valence-electron chi connectivity index (χ0n) is 18.6. The summed E-state index contributed by atoms with van der Waals surface area (Å²) in [6, 6.07) is 11.1. The molecule has 1 aliphatic carbocycles. The van der Waals surface area contributed by atoms with Gasteiger partial charge in [0.2, 0.25) is 0 Å². The number of benzene rings is 2. The number of carboxylic acid groups (broad SMARTS) is 1. The van der Waals surface area contributed by atoms with Crippen molar-refractivity contribution >= 4 is 23.4 Å². The number of nitrogens with one attached hydrogen (secondary N) is 1. The minimum atomic E-state index is -4.34. The van der Waals surface area contributed by atoms with Crippen molar-refractivity contribution < 1.29 is 27.8 Å². The monoisotopic (exact) mass is 477 g/mol. The van der Waals surface area contributed by atoms with Crippen molar-refractivity contribution in [3.05, 3.63) is 81.8 Å². The maximum absolute atomic E-state index is 12.7. The van der Waals surface area contributed by atoms with Crippen LogP contribution < -0.4 is 5.32 Å². The minimum absolute atomic E-state index is 0.0584. The second-order valence-corrected chi connectivity index (χ2v) is 9.12. The summed E-state index contributed by atoms with van der Waals surface area (Å²) in [4.78, 5) is 13.0. The van der Waals surface area contributed by atoms with Gasteiger partial charge >= 0.3 is 12.1 Å². The van der Waals surface area contributed by atoms with E-state index in [0.29, 0.717) is 12.2 Å². The maximum atomic E-state index is 12.7. The molecule has 2 unspecified atom stereocenters. The molecule has 0 saturated carbocycles. The normalized spacial score (nSPS) is 18.5. The predicted octanol–water partition coefficient (Wildman–Crippen LogP) is 6.67. The third-order valence-corrected chi connectivity index (χ3v) is 6.66. The van der Waals surface area contributed by atoms with E-state index in [1.807, 2.05) is 39.0 Å². The van der Waals surface area contributed by atoms with Gasteiger partial charge in [0.1, 0.15) is 6.61 Å². The van der Waals surface area contributed by atoms with Gasteiger partial charge in [-0.25, -0.2) is 4.79 Å². The van der Waals surface area contributed by atoms with Crippen molar-refractivity contribution in [1.82, 2.24) is 0 Å². The van der Waals surface area contributed by atoms with E-state index in [9.17, 15) is 18.0 Å². The number of halogens is 3. The second-order valence-electron chi connectivity index (χ2n) is 8.04. The number of ether oxygens (including phenoxy) is 1. The van der Waals surface area contributed by atoms with Crippen LogP contribution in [0.2, 0.25) is 0 Å². The van der Waals surface area contributed by atoms with Crippen molar-refractivity contribution in [2.45, 2.75) is 44.5 Å². The van der Waals surface area contributed by atoms with Crippen LogP contribution in [0.4, 0.5) is 18.9 Å². The van der Waals surface area contributed by atoms with Gasteiger partial charge in [-0.2, -0.15) is 13.2 Å². The van der Waals surface area contributed by atoms with Crippen molar-refractivity contribution in [3.63, 3.8) is 0 Å². The Balaban J connectivity index is 1.61. The highest BCUT2D eigenvalue weighted by atomic mass is 32.2. The lowest BCUT2D eigenvalue weighted by Gasteiger charge is -2.25. The van der Waals surface area contributed by atoms with Gasteiger partial charge in [0.05, 0.1) is 11.7 Å². The van der Waals surface area contributed by atoms with Gasteiger partial charge in [0.25, 0.3) is 0 Å². The number of hydrogen-bond donors (Lipinski definition) is 2. The molecule has 2 aromatic rings. The fourth-order valence-electron chi connectivity index (χ4n) is 3.46. The third kappa shape index (κ3) is 6.88. The van der Waals surface area contributed by atoms with E-state index in [-0.39, 0.29) is 18.6 Å². The molecule has 0 heterocycles. The number of alkyl halides is 3. The number of thioether (sulfide) groups is 1. The summed E-state index contributed by atoms with van der Waals surface area (Å²) in [5.74, 6) is -0.927. The molecule has 0 aromatic heterocycles. The SMILES string of the molecule is CC1=CC(OCC(=O)O)C(C)C=C1Sc1ccc(CNc2ccc(C(F)(F)F)cc2)cc1C. The molecular formula is C25H26F3NO3S. The van der Waals surface area contributed by atoms with E-state index < -0.39 is 17.7 Å². The van der Waals surface area contributed by atoms with Crippen LogP contribution in [-0.4, -0.2) is 23.8 Å². The maximum Gasteiger partial charge on any atom is 0.416 e. The molecule has 8 heteroatoms. The molecule has 0 amide bonds. The number of carboxylic acids is 1. The topological polar surface area (TPSA) is 58.6 Å². The number of aryl methyl sites for hydroxylation is 1. The molecule has 0 spiro atoms. The Morgan fingerprint density at radius 2 is 1.82 bits per heavy atom. The molecule has 0 radical (unpaired) electrons. The zero-order valence-corrected chi connectivity index (χ0v) is 19.4. The average Bonchev–Trinajstić information content (AvgIpc) is 2.74. The Hall–Kier alpha value is -2.71. The largest absolute Gasteiger partial charge is 0.480 e. The molecule has 2 N–H and O–H groups in total. The van der Waals surface area contributed by atoms with Crippen LogP contribution in [-0.2, 0) is 22.3 Å². The van der Waals surface area contributed by atoms with E-state index in [0.717, 1.165) is 38.6 Å². The number of rotatable bonds is 8. The smallest absolute Gasteiger partial charge is 0.416 e. The summed E-state index contributed by atoms with van der Waals surface area (Å²) in [5, 5.41) is 12.0. The lowest BCUT2D eigenvalue weighted by Crippen LogP contribution is -2.24. The molecule has 3 rings (SSSR count). The van der Waals surface area contributed by atoms with Crippen LogP contribution in [0.15, 0.2) is 70.0 Å². The van der Waals surface area contributed by atoms with Crippen molar-refractivity contribution in [3.8, 4) is 0 Å². The van der Waals surface area contributed by atoms with Crippen LogP contribution in [0, 0.1) is 12.8 Å². The zero-order chi connectivity index (χ0) is 24.2. The van der Waals surface area contributed by atoms with Crippen LogP contribution in [0.1, 0.15) is 30.5 Å². The number of anilines is 1. The molecule has 0 aliphatic heterocycles. The van der Waals surface area contributed by atoms with Gasteiger partial charge in [-0.1, -0.05) is 43.0 Å². The van der Waals surface area contributed by atoms with E-state index in [1.54, 1.807) is 11.8 Å². The Morgan fingerprint density at radius 3 is 2.42 bits per heavy atom. The summed E-state index contributed by atoms with van der Waals surface area (Å²) in [6.07, 6.45) is -0.529. The molecule has 176 valence electrons. The van der Waals surface area contributed by atoms with E-state index in [2.05, 4.69) is 17.5 Å². The average molecular weight is 478 g/mol. The van der Waals surface area contributed by atoms with Crippen molar-refractivity contribution in [2.75, 3.05) is 11.9 Å². The van der Waals surface area contributed by atoms with Gasteiger partial charge in [0.15, 0.2) is 0 Å². The molecule has 33 heavy (non-hydrogen) atoms. The van der Waals surface area contributed by atoms with Gasteiger partial charge in [0, 0.05) is 28.0 Å². The van der Waals surface area contributed by atoms with Gasteiger partial charge in [-0.15, -0.1) is 0 Å². The van der Waals surface area contributed by atoms with Crippen LogP contribution in [0.5, 0.6) is 0 Å². The van der Waals surface area contributed by atoms with Crippen molar-refractivity contribution in [1.29, 1.82) is 0 Å². The standard InChI is InChI=1S/C25H26F3NO3S/c1-15-12-23(17(3)11-21(15)32-14-24(30)31)33-22-9-4-18(10-16(22)2)13-29-20-7-5-19(6-8-20)25(26,27)28/h4-12,15,21,29H,13-14H2,1-3H3,(H,30,31). The molecule has 2 aromatic carbocycles. The van der Waals surface area contributed by atoms with Gasteiger partial charge < -0.3 is 15.2 Å². The molecule has 2 atom stereocenters. The van der Waals surface area contributed by atoms with E-state index >= 15 is 0 Å². The molecule has 0 fully saturated rings. The number of aliphatic carboxylic acids is 1. The molecule has 0 bridgehead atoms. The minimum Gasteiger partial charge on any atom is -0.480 e. The first kappa shape index (κ1) is 24.9. The Labute approximate surface area is 195 Å². The summed E-state index contributed by atoms with van der Waals surface area (Å²) < 4.78 is 43.5. The summed E-state index contributed by atoms with van der Waals surface area (Å²) in [7, 11) is 0. The second kappa shape index (κ2) is 10.5. The lowest BCUT2D eigenvalue weighted by atomic mass is 9.96. The highest BCUT2D eigenvalue weighted by Gasteiger charge is 2.30. The number of allylic oxidation sites excluding steroid dienone is 1. The summed E-state index contributed by atoms with van der Waals surface area (Å²) >= 11 is 1.65.